The number of phenolic OH excluding ortho intramolecular Hbond substituents is 2. The lowest BCUT2D eigenvalue weighted by Crippen LogP contribution is -2.62. The molecule has 15 nitrogen and oxygen atoms in total. The highest BCUT2D eigenvalue weighted by atomic mass is 16.8. The van der Waals surface area contributed by atoms with Gasteiger partial charge in [0.2, 0.25) is 6.29 Å². The Kier molecular flexibility index (Phi) is 10.4. The number of rotatable bonds is 10. The van der Waals surface area contributed by atoms with Crippen LogP contribution in [0.2, 0.25) is 0 Å². The van der Waals surface area contributed by atoms with Crippen molar-refractivity contribution >= 4 is 17.8 Å². The minimum atomic E-state index is -2.12. The van der Waals surface area contributed by atoms with E-state index in [0.717, 1.165) is 17.7 Å². The van der Waals surface area contributed by atoms with Crippen LogP contribution in [0.3, 0.4) is 0 Å². The molecule has 3 aliphatic heterocycles. The molecule has 7 N–H and O–H groups in total. The summed E-state index contributed by atoms with van der Waals surface area (Å²) in [7, 11) is 0. The first-order chi connectivity index (χ1) is 24.0. The van der Waals surface area contributed by atoms with Gasteiger partial charge in [-0.1, -0.05) is 42.5 Å². The summed E-state index contributed by atoms with van der Waals surface area (Å²) in [6.07, 6.45) is -9.73. The molecular formula is C35H36O15. The van der Waals surface area contributed by atoms with E-state index in [1.807, 2.05) is 6.07 Å². The SMILES string of the molecule is O=C(C=Cc1ccccc1)OC[C@@]1(O)CO[C@@H](O[C@H]2[C@H](Oc3cc(O)c4c(c3)O[C@H](c3ccc(O)cc3)CC4=O)O[C@H](CO)[C@@H](O)[C@@H]2O)[C@@H]1O. The van der Waals surface area contributed by atoms with Crippen molar-refractivity contribution in [1.82, 2.24) is 0 Å². The Labute approximate surface area is 285 Å². The summed E-state index contributed by atoms with van der Waals surface area (Å²) in [6.45, 7) is -1.96. The third kappa shape index (κ3) is 7.45. The van der Waals surface area contributed by atoms with Crippen LogP contribution < -0.4 is 9.47 Å². The number of ether oxygens (including phenoxy) is 6. The maximum absolute atomic E-state index is 13.0. The first-order valence-electron chi connectivity index (χ1n) is 15.7. The largest absolute Gasteiger partial charge is 0.508 e. The fourth-order valence-electron chi connectivity index (χ4n) is 5.81. The van der Waals surface area contributed by atoms with Gasteiger partial charge in [0.05, 0.1) is 19.6 Å². The Morgan fingerprint density at radius 3 is 2.44 bits per heavy atom. The van der Waals surface area contributed by atoms with Crippen molar-refractivity contribution in [1.29, 1.82) is 0 Å². The second-order valence-electron chi connectivity index (χ2n) is 12.1. The molecule has 0 saturated carbocycles. The third-order valence-electron chi connectivity index (χ3n) is 8.59. The van der Waals surface area contributed by atoms with Crippen LogP contribution in [-0.4, -0.2) is 116 Å². The molecule has 3 heterocycles. The van der Waals surface area contributed by atoms with Crippen LogP contribution in [0.1, 0.15) is 34.0 Å². The molecule has 15 heteroatoms. The highest BCUT2D eigenvalue weighted by Gasteiger charge is 2.54. The van der Waals surface area contributed by atoms with Crippen LogP contribution in [0.25, 0.3) is 6.08 Å². The second-order valence-corrected chi connectivity index (χ2v) is 12.1. The number of hydrogen-bond donors (Lipinski definition) is 7. The van der Waals surface area contributed by atoms with E-state index >= 15 is 0 Å². The highest BCUT2D eigenvalue weighted by Crippen LogP contribution is 2.43. The van der Waals surface area contributed by atoms with E-state index in [1.165, 1.54) is 24.3 Å². The van der Waals surface area contributed by atoms with E-state index in [9.17, 15) is 45.3 Å². The van der Waals surface area contributed by atoms with E-state index < -0.39 is 92.1 Å². The number of aliphatic hydroxyl groups excluding tert-OH is 4. The molecule has 2 fully saturated rings. The smallest absolute Gasteiger partial charge is 0.330 e. The average molecular weight is 697 g/mol. The Balaban J connectivity index is 1.16. The van der Waals surface area contributed by atoms with Crippen molar-refractivity contribution in [3.63, 3.8) is 0 Å². The normalized spacial score (nSPS) is 30.9. The lowest BCUT2D eigenvalue weighted by molar-refractivity contribution is -0.318. The number of ketones is 1. The van der Waals surface area contributed by atoms with Gasteiger partial charge in [-0.2, -0.15) is 0 Å². The van der Waals surface area contributed by atoms with Gasteiger partial charge in [0.25, 0.3) is 0 Å². The Morgan fingerprint density at radius 1 is 0.980 bits per heavy atom. The summed E-state index contributed by atoms with van der Waals surface area (Å²) in [5.41, 5.74) is -0.882. The molecule has 0 amide bonds. The fourth-order valence-corrected chi connectivity index (χ4v) is 5.81. The lowest BCUT2D eigenvalue weighted by atomic mass is 9.95. The van der Waals surface area contributed by atoms with E-state index in [1.54, 1.807) is 36.4 Å². The van der Waals surface area contributed by atoms with E-state index in [0.29, 0.717) is 5.56 Å². The summed E-state index contributed by atoms with van der Waals surface area (Å²) in [6, 6.07) is 17.4. The predicted molar refractivity (Wildman–Crippen MR) is 169 cm³/mol. The summed E-state index contributed by atoms with van der Waals surface area (Å²) in [5, 5.41) is 73.7. The highest BCUT2D eigenvalue weighted by molar-refractivity contribution is 6.02. The van der Waals surface area contributed by atoms with Crippen LogP contribution in [0.5, 0.6) is 23.0 Å². The van der Waals surface area contributed by atoms with Gasteiger partial charge in [-0.3, -0.25) is 4.79 Å². The van der Waals surface area contributed by atoms with Crippen molar-refractivity contribution in [2.24, 2.45) is 0 Å². The van der Waals surface area contributed by atoms with Gasteiger partial charge in [-0.05, 0) is 29.3 Å². The molecule has 3 aromatic carbocycles. The van der Waals surface area contributed by atoms with Crippen LogP contribution in [0.4, 0.5) is 0 Å². The maximum Gasteiger partial charge on any atom is 0.330 e. The fraction of sp³-hybridized carbons (Fsp3) is 0.371. The number of aromatic hydroxyl groups is 2. The predicted octanol–water partition coefficient (Wildman–Crippen LogP) is 0.712. The Bertz CT molecular complexity index is 1700. The molecule has 0 radical (unpaired) electrons. The summed E-state index contributed by atoms with van der Waals surface area (Å²) in [5.74, 6) is -1.83. The first-order valence-corrected chi connectivity index (χ1v) is 15.7. The van der Waals surface area contributed by atoms with Crippen molar-refractivity contribution in [3.8, 4) is 23.0 Å². The molecule has 3 aromatic rings. The van der Waals surface area contributed by atoms with Crippen molar-refractivity contribution < 1.29 is 73.8 Å². The van der Waals surface area contributed by atoms with Crippen molar-refractivity contribution in [2.45, 2.75) is 61.2 Å². The molecule has 0 aromatic heterocycles. The number of aliphatic hydroxyl groups is 5. The number of Topliss-reactive ketones (excluding diaryl/α,β-unsaturated/α-hetero) is 1. The molecule has 9 atom stereocenters. The monoisotopic (exact) mass is 696 g/mol. The van der Waals surface area contributed by atoms with Crippen LogP contribution in [0, 0.1) is 0 Å². The maximum atomic E-state index is 13.0. The van der Waals surface area contributed by atoms with Gasteiger partial charge in [0, 0.05) is 18.2 Å². The molecule has 0 unspecified atom stereocenters. The summed E-state index contributed by atoms with van der Waals surface area (Å²) >= 11 is 0. The van der Waals surface area contributed by atoms with E-state index in [2.05, 4.69) is 0 Å². The molecule has 0 bridgehead atoms. The number of carbonyl (C=O) groups is 2. The molecule has 50 heavy (non-hydrogen) atoms. The van der Waals surface area contributed by atoms with E-state index in [-0.39, 0.29) is 29.2 Å². The number of hydrogen-bond acceptors (Lipinski definition) is 15. The van der Waals surface area contributed by atoms with Gasteiger partial charge in [0.1, 0.15) is 65.7 Å². The van der Waals surface area contributed by atoms with Crippen LogP contribution in [-0.2, 0) is 23.7 Å². The Morgan fingerprint density at radius 2 is 1.72 bits per heavy atom. The zero-order chi connectivity index (χ0) is 35.6. The number of phenols is 2. The van der Waals surface area contributed by atoms with Crippen LogP contribution >= 0.6 is 0 Å². The quantitative estimate of drug-likeness (QED) is 0.114. The first kappa shape index (κ1) is 35.3. The number of fused-ring (bicyclic) bond motifs is 1. The second kappa shape index (κ2) is 14.7. The van der Waals surface area contributed by atoms with Gasteiger partial charge in [0.15, 0.2) is 23.8 Å². The molecule has 6 rings (SSSR count). The minimum absolute atomic E-state index is 0.0259. The summed E-state index contributed by atoms with van der Waals surface area (Å²) < 4.78 is 33.9. The van der Waals surface area contributed by atoms with Gasteiger partial charge in [-0.15, -0.1) is 0 Å². The van der Waals surface area contributed by atoms with E-state index in [4.69, 9.17) is 28.4 Å². The van der Waals surface area contributed by atoms with Crippen LogP contribution in [0.15, 0.2) is 72.8 Å². The third-order valence-corrected chi connectivity index (χ3v) is 8.59. The molecule has 0 aliphatic carbocycles. The molecule has 3 aliphatic rings. The van der Waals surface area contributed by atoms with Crippen molar-refractivity contribution in [3.05, 3.63) is 89.5 Å². The molecule has 0 spiro atoms. The number of esters is 1. The summed E-state index contributed by atoms with van der Waals surface area (Å²) in [4.78, 5) is 25.2. The standard InChI is InChI=1S/C35H36O15/c36-15-26-29(41)30(42)31(50-34-32(43)35(44,17-46-34)16-45-27(40)11-6-18-4-2-1-3-5-18)33(49-26)47-21-12-22(38)28-23(39)14-24(48-25(28)13-21)19-7-9-20(37)10-8-19/h1-13,24,26,29-34,36-38,41-44H,14-17H2/t24-,26+,29+,30-,31+,32-,33+,34-,35+/m0/s1. The zero-order valence-electron chi connectivity index (χ0n) is 26.3. The Hall–Kier alpha value is -4.58. The lowest BCUT2D eigenvalue weighted by Gasteiger charge is -2.42. The minimum Gasteiger partial charge on any atom is -0.508 e. The number of carbonyl (C=O) groups excluding carboxylic acids is 2. The molecule has 2 saturated heterocycles. The topological polar surface area (TPSA) is 231 Å². The van der Waals surface area contributed by atoms with Gasteiger partial charge < -0.3 is 64.2 Å². The molecular weight excluding hydrogens is 660 g/mol. The zero-order valence-corrected chi connectivity index (χ0v) is 26.3. The molecule has 266 valence electrons. The average Bonchev–Trinajstić information content (AvgIpc) is 3.38. The van der Waals surface area contributed by atoms with Crippen molar-refractivity contribution in [2.75, 3.05) is 19.8 Å². The number of benzene rings is 3. The van der Waals surface area contributed by atoms with Gasteiger partial charge >= 0.3 is 5.97 Å². The van der Waals surface area contributed by atoms with Gasteiger partial charge in [-0.25, -0.2) is 4.79 Å².